The van der Waals surface area contributed by atoms with Gasteiger partial charge in [-0.3, -0.25) is 0 Å². The Kier molecular flexibility index (Phi) is 6.23. The van der Waals surface area contributed by atoms with Gasteiger partial charge in [0.25, 0.3) is 0 Å². The van der Waals surface area contributed by atoms with Crippen molar-refractivity contribution >= 4 is 15.9 Å². The molecule has 0 unspecified atom stereocenters. The summed E-state index contributed by atoms with van der Waals surface area (Å²) < 4.78 is 97.7. The van der Waals surface area contributed by atoms with Gasteiger partial charge >= 0.3 is 12.3 Å². The number of benzene rings is 1. The Hall–Kier alpha value is -1.91. The Balaban J connectivity index is 2.17. The Morgan fingerprint density at radius 1 is 1.14 bits per heavy atom. The molecule has 29 heavy (non-hydrogen) atoms. The number of ether oxygens (including phenoxy) is 1. The first-order valence-corrected chi connectivity index (χ1v) is 10.3. The van der Waals surface area contributed by atoms with E-state index < -0.39 is 67.9 Å². The summed E-state index contributed by atoms with van der Waals surface area (Å²) in [5.41, 5.74) is -2.26. The van der Waals surface area contributed by atoms with Crippen molar-refractivity contribution in [1.82, 2.24) is 5.32 Å². The highest BCUT2D eigenvalue weighted by atomic mass is 32.2. The number of amides is 1. The number of alkyl carbamates (subject to hydrolysis) is 1. The van der Waals surface area contributed by atoms with Crippen LogP contribution in [0.25, 0.3) is 0 Å². The lowest BCUT2D eigenvalue weighted by Gasteiger charge is -2.34. The van der Waals surface area contributed by atoms with Gasteiger partial charge in [0.1, 0.15) is 11.4 Å². The van der Waals surface area contributed by atoms with Gasteiger partial charge in [0.2, 0.25) is 14.8 Å². The summed E-state index contributed by atoms with van der Waals surface area (Å²) in [6, 6.07) is 0.190. The molecule has 1 aromatic carbocycles. The van der Waals surface area contributed by atoms with Crippen LogP contribution < -0.4 is 5.32 Å². The summed E-state index contributed by atoms with van der Waals surface area (Å²) in [7, 11) is -4.90. The van der Waals surface area contributed by atoms with Gasteiger partial charge in [0.15, 0.2) is 0 Å². The molecule has 1 saturated carbocycles. The van der Waals surface area contributed by atoms with E-state index in [1.54, 1.807) is 20.8 Å². The Labute approximate surface area is 165 Å². The van der Waals surface area contributed by atoms with E-state index in [9.17, 15) is 30.8 Å². The van der Waals surface area contributed by atoms with Crippen LogP contribution in [-0.2, 0) is 20.8 Å². The smallest absolute Gasteiger partial charge is 0.416 e. The van der Waals surface area contributed by atoms with Gasteiger partial charge < -0.3 is 10.1 Å². The third-order valence-corrected chi connectivity index (χ3v) is 6.67. The van der Waals surface area contributed by atoms with E-state index in [1.165, 1.54) is 0 Å². The maximum Gasteiger partial charge on any atom is 0.416 e. The second kappa shape index (κ2) is 7.73. The van der Waals surface area contributed by atoms with E-state index in [0.717, 1.165) is 0 Å². The average molecular weight is 443 g/mol. The molecule has 0 saturated heterocycles. The number of sulfone groups is 1. The molecule has 0 aliphatic heterocycles. The molecule has 1 fully saturated rings. The van der Waals surface area contributed by atoms with Crippen molar-refractivity contribution in [3.05, 3.63) is 29.6 Å². The van der Waals surface area contributed by atoms with Crippen LogP contribution in [0, 0.1) is 5.82 Å². The lowest BCUT2D eigenvalue weighted by molar-refractivity contribution is -0.137. The summed E-state index contributed by atoms with van der Waals surface area (Å²) in [6.45, 7) is 4.96. The highest BCUT2D eigenvalue weighted by Crippen LogP contribution is 2.41. The number of halogens is 5. The quantitative estimate of drug-likeness (QED) is 0.685. The lowest BCUT2D eigenvalue weighted by atomic mass is 9.93. The molecule has 1 aromatic rings. The van der Waals surface area contributed by atoms with Gasteiger partial charge in [-0.15, -0.1) is 0 Å². The summed E-state index contributed by atoms with van der Waals surface area (Å²) in [5, 5.41) is -0.354. The molecule has 2 rings (SSSR count). The summed E-state index contributed by atoms with van der Waals surface area (Å²) in [6.07, 6.45) is -6.99. The number of nitrogens with one attached hydrogen (secondary N) is 1. The van der Waals surface area contributed by atoms with Crippen LogP contribution in [-0.4, -0.2) is 31.2 Å². The third kappa shape index (κ3) is 5.58. The van der Waals surface area contributed by atoms with Crippen LogP contribution in [0.5, 0.6) is 0 Å². The Morgan fingerprint density at radius 3 is 2.17 bits per heavy atom. The normalized spacial score (nSPS) is 23.5. The van der Waals surface area contributed by atoms with Crippen molar-refractivity contribution in [3.8, 4) is 0 Å². The first-order chi connectivity index (χ1) is 13.0. The average Bonchev–Trinajstić information content (AvgIpc) is 2.54. The fraction of sp³-hybridized carbons (Fsp3) is 0.611. The van der Waals surface area contributed by atoms with Crippen molar-refractivity contribution in [2.45, 2.75) is 74.2 Å². The minimum atomic E-state index is -4.98. The van der Waals surface area contributed by atoms with Gasteiger partial charge in [0.05, 0.1) is 10.5 Å². The predicted molar refractivity (Wildman–Crippen MR) is 94.1 cm³/mol. The number of carbonyl (C=O) groups is 1. The summed E-state index contributed by atoms with van der Waals surface area (Å²) >= 11 is 0. The molecule has 1 N–H and O–H groups in total. The van der Waals surface area contributed by atoms with E-state index in [4.69, 9.17) is 4.74 Å². The van der Waals surface area contributed by atoms with Crippen LogP contribution in [0.1, 0.15) is 52.0 Å². The molecule has 0 aromatic heterocycles. The number of rotatable bonds is 3. The number of alkyl halides is 4. The van der Waals surface area contributed by atoms with Crippen molar-refractivity contribution in [3.63, 3.8) is 0 Å². The van der Waals surface area contributed by atoms with Crippen LogP contribution in [0.3, 0.4) is 0 Å². The first-order valence-electron chi connectivity index (χ1n) is 8.84. The predicted octanol–water partition coefficient (Wildman–Crippen LogP) is 4.75. The number of hydrogen-bond acceptors (Lipinski definition) is 4. The van der Waals surface area contributed by atoms with E-state index in [1.807, 2.05) is 0 Å². The fourth-order valence-electron chi connectivity index (χ4n) is 3.03. The van der Waals surface area contributed by atoms with E-state index in [0.29, 0.717) is 6.07 Å². The van der Waals surface area contributed by atoms with Gasteiger partial charge in [-0.25, -0.2) is 22.0 Å². The van der Waals surface area contributed by atoms with Crippen molar-refractivity contribution in [2.75, 3.05) is 0 Å². The Bertz CT molecular complexity index is 869. The van der Waals surface area contributed by atoms with Crippen LogP contribution >= 0.6 is 0 Å². The second-order valence-corrected chi connectivity index (χ2v) is 10.2. The van der Waals surface area contributed by atoms with E-state index in [-0.39, 0.29) is 25.0 Å². The van der Waals surface area contributed by atoms with E-state index >= 15 is 4.39 Å². The molecule has 1 aliphatic carbocycles. The largest absolute Gasteiger partial charge is 0.444 e. The molecule has 1 amide bonds. The minimum Gasteiger partial charge on any atom is -0.444 e. The summed E-state index contributed by atoms with van der Waals surface area (Å²) in [5.74, 6) is -1.43. The molecular weight excluding hydrogens is 421 g/mol. The Morgan fingerprint density at radius 2 is 1.69 bits per heavy atom. The zero-order chi connectivity index (χ0) is 22.3. The van der Waals surface area contributed by atoms with Gasteiger partial charge in [-0.1, -0.05) is 0 Å². The van der Waals surface area contributed by atoms with Crippen molar-refractivity contribution < 1.29 is 39.9 Å². The third-order valence-electron chi connectivity index (χ3n) is 4.44. The molecule has 1 aliphatic rings. The number of hydrogen-bond donors (Lipinski definition) is 1. The SMILES string of the molecule is CC(C)(C)OC(=O)NC1CCC(F)(S(=O)(=O)c2cc(F)cc(C(F)(F)F)c2)CC1. The molecular formula is C18H22F5NO4S. The van der Waals surface area contributed by atoms with Crippen LogP contribution in [0.4, 0.5) is 26.7 Å². The zero-order valence-corrected chi connectivity index (χ0v) is 16.9. The maximum atomic E-state index is 15.2. The molecule has 0 spiro atoms. The molecule has 0 heterocycles. The standard InChI is InChI=1S/C18H22F5NO4S/c1-16(2,3)28-15(25)24-13-4-6-17(20,7-5-13)29(26,27)14-9-11(18(21,22)23)8-12(19)10-14/h8-10,13H,4-7H2,1-3H3,(H,24,25). The van der Waals surface area contributed by atoms with Crippen LogP contribution in [0.2, 0.25) is 0 Å². The lowest BCUT2D eigenvalue weighted by Crippen LogP contribution is -2.46. The fourth-order valence-corrected chi connectivity index (χ4v) is 4.77. The second-order valence-electron chi connectivity index (χ2n) is 7.98. The van der Waals surface area contributed by atoms with Gasteiger partial charge in [-0.05, 0) is 64.7 Å². The minimum absolute atomic E-state index is 0.0730. The van der Waals surface area contributed by atoms with Crippen molar-refractivity contribution in [2.24, 2.45) is 0 Å². The number of carbonyl (C=O) groups excluding carboxylic acids is 1. The zero-order valence-electron chi connectivity index (χ0n) is 16.1. The van der Waals surface area contributed by atoms with Crippen LogP contribution in [0.15, 0.2) is 23.1 Å². The summed E-state index contributed by atoms with van der Waals surface area (Å²) in [4.78, 5) is 10.7. The molecule has 0 atom stereocenters. The highest BCUT2D eigenvalue weighted by molar-refractivity contribution is 7.92. The molecule has 11 heteroatoms. The van der Waals surface area contributed by atoms with Gasteiger partial charge in [0, 0.05) is 6.04 Å². The molecule has 164 valence electrons. The topological polar surface area (TPSA) is 72.5 Å². The first kappa shape index (κ1) is 23.4. The van der Waals surface area contributed by atoms with E-state index in [2.05, 4.69) is 5.32 Å². The van der Waals surface area contributed by atoms with Crippen molar-refractivity contribution in [1.29, 1.82) is 0 Å². The monoisotopic (exact) mass is 443 g/mol. The molecule has 0 radical (unpaired) electrons. The highest BCUT2D eigenvalue weighted by Gasteiger charge is 2.48. The maximum absolute atomic E-state index is 15.2. The molecule has 5 nitrogen and oxygen atoms in total. The van der Waals surface area contributed by atoms with Gasteiger partial charge in [-0.2, -0.15) is 13.2 Å². The molecule has 0 bridgehead atoms.